The van der Waals surface area contributed by atoms with E-state index >= 15 is 0 Å². The molecule has 0 bridgehead atoms. The number of fused-ring (bicyclic) bond motifs is 1. The van der Waals surface area contributed by atoms with E-state index in [0.29, 0.717) is 0 Å². The average Bonchev–Trinajstić information content (AvgIpc) is 3.43. The van der Waals surface area contributed by atoms with Gasteiger partial charge in [0.15, 0.2) is 17.4 Å². The van der Waals surface area contributed by atoms with E-state index in [0.717, 1.165) is 55.6 Å². The van der Waals surface area contributed by atoms with Crippen LogP contribution in [0, 0.1) is 0 Å². The summed E-state index contributed by atoms with van der Waals surface area (Å²) >= 11 is 0. The van der Waals surface area contributed by atoms with Gasteiger partial charge in [0.1, 0.15) is 12.4 Å². The number of rotatable bonds is 4. The van der Waals surface area contributed by atoms with Gasteiger partial charge in [-0.05, 0) is 25.0 Å². The van der Waals surface area contributed by atoms with Crippen LogP contribution in [0.4, 0.5) is 11.6 Å². The van der Waals surface area contributed by atoms with Crippen LogP contribution in [0.2, 0.25) is 0 Å². The average molecular weight is 351 g/mol. The lowest BCUT2D eigenvalue weighted by molar-refractivity contribution is 0.224. The van der Waals surface area contributed by atoms with Gasteiger partial charge in [-0.3, -0.25) is 4.40 Å². The molecule has 3 aromatic heterocycles. The minimum Gasteiger partial charge on any atom is -0.485 e. The molecule has 0 spiro atoms. The fraction of sp³-hybridized carbons (Fsp3) is 0.444. The zero-order valence-corrected chi connectivity index (χ0v) is 14.5. The van der Waals surface area contributed by atoms with Crippen LogP contribution in [0.1, 0.15) is 19.3 Å². The summed E-state index contributed by atoms with van der Waals surface area (Å²) in [5, 5.41) is 8.17. The van der Waals surface area contributed by atoms with Crippen molar-refractivity contribution in [3.8, 4) is 5.75 Å². The van der Waals surface area contributed by atoms with Crippen molar-refractivity contribution in [3.05, 3.63) is 37.1 Å². The predicted octanol–water partition coefficient (Wildman–Crippen LogP) is 1.78. The van der Waals surface area contributed by atoms with E-state index in [9.17, 15) is 0 Å². The first-order valence-corrected chi connectivity index (χ1v) is 9.14. The Morgan fingerprint density at radius 2 is 1.88 bits per heavy atom. The van der Waals surface area contributed by atoms with Crippen molar-refractivity contribution >= 4 is 17.3 Å². The molecule has 2 aliphatic rings. The molecule has 5 rings (SSSR count). The van der Waals surface area contributed by atoms with Crippen LogP contribution >= 0.6 is 0 Å². The number of hydrogen-bond donors (Lipinski definition) is 0. The molecule has 5 heterocycles. The lowest BCUT2D eigenvalue weighted by atomic mass is 10.3. The first kappa shape index (κ1) is 15.4. The van der Waals surface area contributed by atoms with Gasteiger partial charge >= 0.3 is 0 Å². The van der Waals surface area contributed by atoms with E-state index in [1.54, 1.807) is 12.5 Å². The van der Waals surface area contributed by atoms with Gasteiger partial charge in [0.05, 0.1) is 6.54 Å². The van der Waals surface area contributed by atoms with Gasteiger partial charge in [-0.2, -0.15) is 0 Å². The second kappa shape index (κ2) is 6.44. The number of aromatic nitrogens is 5. The number of pyridine rings is 1. The van der Waals surface area contributed by atoms with E-state index in [4.69, 9.17) is 4.74 Å². The van der Waals surface area contributed by atoms with Crippen LogP contribution < -0.4 is 14.5 Å². The molecule has 134 valence electrons. The summed E-state index contributed by atoms with van der Waals surface area (Å²) < 4.78 is 8.24. The summed E-state index contributed by atoms with van der Waals surface area (Å²) in [7, 11) is 0. The fourth-order valence-corrected chi connectivity index (χ4v) is 3.81. The van der Waals surface area contributed by atoms with Crippen LogP contribution in [0.25, 0.3) is 5.65 Å². The lowest BCUT2D eigenvalue weighted by Crippen LogP contribution is -2.27. The molecule has 0 radical (unpaired) electrons. The van der Waals surface area contributed by atoms with Gasteiger partial charge in [0.2, 0.25) is 5.65 Å². The smallest absolute Gasteiger partial charge is 0.203 e. The predicted molar refractivity (Wildman–Crippen MR) is 97.7 cm³/mol. The third-order valence-electron chi connectivity index (χ3n) is 5.09. The SMILES string of the molecule is c1cnc(N2CCCC2)c(OC2CCN(c3nccn4cnnc34)C2)c1. The molecule has 2 saturated heterocycles. The monoisotopic (exact) mass is 351 g/mol. The maximum atomic E-state index is 6.35. The minimum atomic E-state index is 0.116. The summed E-state index contributed by atoms with van der Waals surface area (Å²) in [6.07, 6.45) is 10.7. The Bertz CT molecular complexity index is 905. The van der Waals surface area contributed by atoms with Crippen molar-refractivity contribution in [1.82, 2.24) is 24.6 Å². The molecular formula is C18H21N7O. The molecular weight excluding hydrogens is 330 g/mol. The van der Waals surface area contributed by atoms with E-state index in [1.165, 1.54) is 12.8 Å². The highest BCUT2D eigenvalue weighted by Gasteiger charge is 2.28. The van der Waals surface area contributed by atoms with Crippen LogP contribution in [0.5, 0.6) is 5.75 Å². The van der Waals surface area contributed by atoms with Gasteiger partial charge in [0.25, 0.3) is 0 Å². The molecule has 2 fully saturated rings. The van der Waals surface area contributed by atoms with Gasteiger partial charge in [-0.25, -0.2) is 9.97 Å². The first-order chi connectivity index (χ1) is 12.9. The number of ether oxygens (including phenoxy) is 1. The van der Waals surface area contributed by atoms with E-state index in [2.05, 4.69) is 30.0 Å². The summed E-state index contributed by atoms with van der Waals surface area (Å²) in [6, 6.07) is 3.97. The third-order valence-corrected chi connectivity index (χ3v) is 5.09. The highest BCUT2D eigenvalue weighted by atomic mass is 16.5. The topological polar surface area (TPSA) is 71.7 Å². The van der Waals surface area contributed by atoms with Crippen LogP contribution in [-0.2, 0) is 0 Å². The maximum Gasteiger partial charge on any atom is 0.203 e. The fourth-order valence-electron chi connectivity index (χ4n) is 3.81. The Hall–Kier alpha value is -2.90. The minimum absolute atomic E-state index is 0.116. The van der Waals surface area contributed by atoms with Crippen LogP contribution in [-0.4, -0.2) is 56.8 Å². The first-order valence-electron chi connectivity index (χ1n) is 9.14. The van der Waals surface area contributed by atoms with Crippen molar-refractivity contribution < 1.29 is 4.74 Å². The van der Waals surface area contributed by atoms with Crippen LogP contribution in [0.15, 0.2) is 37.1 Å². The number of nitrogens with zero attached hydrogens (tertiary/aromatic N) is 7. The second-order valence-corrected chi connectivity index (χ2v) is 6.81. The molecule has 1 unspecified atom stereocenters. The Kier molecular flexibility index (Phi) is 3.80. The molecule has 3 aromatic rings. The normalized spacial score (nSPS) is 20.2. The van der Waals surface area contributed by atoms with E-state index in [-0.39, 0.29) is 6.10 Å². The van der Waals surface area contributed by atoms with Gasteiger partial charge in [-0.15, -0.1) is 10.2 Å². The van der Waals surface area contributed by atoms with Crippen LogP contribution in [0.3, 0.4) is 0 Å². The number of anilines is 2. The van der Waals surface area contributed by atoms with Crippen molar-refractivity contribution in [2.45, 2.75) is 25.4 Å². The molecule has 2 aliphatic heterocycles. The summed E-state index contributed by atoms with van der Waals surface area (Å²) in [6.45, 7) is 3.79. The molecule has 8 nitrogen and oxygen atoms in total. The Balaban J connectivity index is 1.34. The lowest BCUT2D eigenvalue weighted by Gasteiger charge is -2.22. The van der Waals surface area contributed by atoms with Crippen molar-refractivity contribution in [3.63, 3.8) is 0 Å². The molecule has 0 aromatic carbocycles. The molecule has 0 aliphatic carbocycles. The largest absolute Gasteiger partial charge is 0.485 e. The highest BCUT2D eigenvalue weighted by molar-refractivity contribution is 5.63. The van der Waals surface area contributed by atoms with E-state index < -0.39 is 0 Å². The summed E-state index contributed by atoms with van der Waals surface area (Å²) in [4.78, 5) is 13.6. The third kappa shape index (κ3) is 2.71. The standard InChI is InChI=1S/C18H21N7O/c1-2-9-23(8-1)16-15(4-3-6-19-16)26-14-5-10-24(12-14)17-18-22-21-13-25(18)11-7-20-17/h3-4,6-7,11,13-14H,1-2,5,8-10,12H2. The van der Waals surface area contributed by atoms with Gasteiger partial charge in [-0.1, -0.05) is 0 Å². The second-order valence-electron chi connectivity index (χ2n) is 6.81. The highest BCUT2D eigenvalue weighted by Crippen LogP contribution is 2.31. The molecule has 0 saturated carbocycles. The van der Waals surface area contributed by atoms with Crippen molar-refractivity contribution in [2.75, 3.05) is 36.0 Å². The Morgan fingerprint density at radius 3 is 2.81 bits per heavy atom. The molecule has 1 atom stereocenters. The Labute approximate surface area is 151 Å². The number of hydrogen-bond acceptors (Lipinski definition) is 7. The van der Waals surface area contributed by atoms with Crippen molar-refractivity contribution in [2.24, 2.45) is 0 Å². The molecule has 0 amide bonds. The Morgan fingerprint density at radius 1 is 1.00 bits per heavy atom. The molecule has 26 heavy (non-hydrogen) atoms. The van der Waals surface area contributed by atoms with Gasteiger partial charge in [0, 0.05) is 44.6 Å². The maximum absolute atomic E-state index is 6.35. The van der Waals surface area contributed by atoms with Gasteiger partial charge < -0.3 is 14.5 Å². The molecule has 0 N–H and O–H groups in total. The summed E-state index contributed by atoms with van der Waals surface area (Å²) in [5.41, 5.74) is 0.785. The zero-order chi connectivity index (χ0) is 17.3. The molecule has 8 heteroatoms. The zero-order valence-electron chi connectivity index (χ0n) is 14.5. The van der Waals surface area contributed by atoms with Crippen molar-refractivity contribution in [1.29, 1.82) is 0 Å². The quantitative estimate of drug-likeness (QED) is 0.709. The summed E-state index contributed by atoms with van der Waals surface area (Å²) in [5.74, 6) is 2.72. The van der Waals surface area contributed by atoms with E-state index in [1.807, 2.05) is 28.9 Å².